The van der Waals surface area contributed by atoms with E-state index in [1.807, 2.05) is 0 Å². The van der Waals surface area contributed by atoms with E-state index < -0.39 is 28.9 Å². The molecular formula is C14H8F5N3. The number of alkyl halides is 3. The summed E-state index contributed by atoms with van der Waals surface area (Å²) in [5.41, 5.74) is -1.36. The number of hydrogen-bond donors (Lipinski definition) is 0. The molecule has 22 heavy (non-hydrogen) atoms. The van der Waals surface area contributed by atoms with Crippen molar-refractivity contribution in [2.75, 3.05) is 0 Å². The summed E-state index contributed by atoms with van der Waals surface area (Å²) in [5.74, 6) is -1.83. The van der Waals surface area contributed by atoms with E-state index in [4.69, 9.17) is 0 Å². The summed E-state index contributed by atoms with van der Waals surface area (Å²) in [6.07, 6.45) is -3.91. The molecule has 2 heterocycles. The molecule has 0 aliphatic heterocycles. The highest BCUT2D eigenvalue weighted by molar-refractivity contribution is 5.78. The minimum Gasteiger partial charge on any atom is -0.312 e. The summed E-state index contributed by atoms with van der Waals surface area (Å²) in [4.78, 5) is 7.59. The van der Waals surface area contributed by atoms with Crippen LogP contribution in [-0.2, 0) is 13.2 Å². The van der Waals surface area contributed by atoms with Gasteiger partial charge in [-0.2, -0.15) is 13.2 Å². The molecule has 0 aliphatic carbocycles. The van der Waals surface area contributed by atoms with E-state index in [0.29, 0.717) is 6.20 Å². The van der Waals surface area contributed by atoms with Gasteiger partial charge < -0.3 is 4.57 Å². The minimum atomic E-state index is -4.57. The zero-order chi connectivity index (χ0) is 16.1. The molecule has 8 heteroatoms. The van der Waals surface area contributed by atoms with Crippen LogP contribution in [0.25, 0.3) is 22.6 Å². The number of pyridine rings is 1. The highest BCUT2D eigenvalue weighted by Gasteiger charge is 2.32. The van der Waals surface area contributed by atoms with Gasteiger partial charge in [0.15, 0.2) is 5.65 Å². The third-order valence-corrected chi connectivity index (χ3v) is 3.22. The van der Waals surface area contributed by atoms with Crippen molar-refractivity contribution in [3.63, 3.8) is 0 Å². The van der Waals surface area contributed by atoms with Gasteiger partial charge >= 0.3 is 6.18 Å². The van der Waals surface area contributed by atoms with Gasteiger partial charge in [-0.3, -0.25) is 0 Å². The average Bonchev–Trinajstić information content (AvgIpc) is 2.75. The van der Waals surface area contributed by atoms with Gasteiger partial charge in [0, 0.05) is 13.2 Å². The number of hydrogen-bond acceptors (Lipinski definition) is 2. The zero-order valence-corrected chi connectivity index (χ0v) is 11.1. The van der Waals surface area contributed by atoms with Crippen LogP contribution in [0.3, 0.4) is 0 Å². The van der Waals surface area contributed by atoms with Crippen LogP contribution in [0.4, 0.5) is 22.0 Å². The molecule has 0 amide bonds. The first-order chi connectivity index (χ1) is 10.3. The fourth-order valence-electron chi connectivity index (χ4n) is 2.17. The number of halogens is 5. The summed E-state index contributed by atoms with van der Waals surface area (Å²) < 4.78 is 66.9. The Bertz CT molecular complexity index is 847. The molecule has 0 N–H and O–H groups in total. The van der Waals surface area contributed by atoms with Crippen molar-refractivity contribution in [3.8, 4) is 11.4 Å². The summed E-state index contributed by atoms with van der Waals surface area (Å²) in [6, 6.07) is 4.08. The van der Waals surface area contributed by atoms with Gasteiger partial charge in [0.25, 0.3) is 0 Å². The topological polar surface area (TPSA) is 30.7 Å². The Hall–Kier alpha value is -2.51. The smallest absolute Gasteiger partial charge is 0.312 e. The molecule has 0 fully saturated rings. The van der Waals surface area contributed by atoms with Crippen molar-refractivity contribution in [2.24, 2.45) is 7.05 Å². The number of aryl methyl sites for hydroxylation is 1. The number of imidazole rings is 1. The normalized spacial score (nSPS) is 12.1. The fraction of sp³-hybridized carbons (Fsp3) is 0.143. The lowest BCUT2D eigenvalue weighted by Crippen LogP contribution is -2.05. The first kappa shape index (κ1) is 14.4. The van der Waals surface area contributed by atoms with Gasteiger partial charge in [-0.1, -0.05) is 6.07 Å². The maximum absolute atomic E-state index is 13.8. The molecule has 0 bridgehead atoms. The van der Waals surface area contributed by atoms with E-state index in [1.54, 1.807) is 0 Å². The Morgan fingerprint density at radius 2 is 1.73 bits per heavy atom. The Morgan fingerprint density at radius 1 is 1.09 bits per heavy atom. The van der Waals surface area contributed by atoms with Crippen molar-refractivity contribution >= 4 is 11.2 Å². The van der Waals surface area contributed by atoms with Crippen molar-refractivity contribution in [1.82, 2.24) is 14.5 Å². The highest BCUT2D eigenvalue weighted by Crippen LogP contribution is 2.32. The third-order valence-electron chi connectivity index (χ3n) is 3.22. The van der Waals surface area contributed by atoms with Crippen LogP contribution in [-0.4, -0.2) is 14.5 Å². The van der Waals surface area contributed by atoms with Crippen LogP contribution in [0.15, 0.2) is 30.5 Å². The molecule has 0 unspecified atom stereocenters. The van der Waals surface area contributed by atoms with Crippen LogP contribution < -0.4 is 0 Å². The van der Waals surface area contributed by atoms with Crippen LogP contribution in [0.1, 0.15) is 5.56 Å². The molecule has 3 rings (SSSR count). The lowest BCUT2D eigenvalue weighted by Gasteiger charge is -2.05. The minimum absolute atomic E-state index is 0.0880. The van der Waals surface area contributed by atoms with Crippen LogP contribution in [0, 0.1) is 11.6 Å². The molecule has 3 aromatic rings. The standard InChI is InChI=1S/C14H8F5N3/c1-22-12-10(5-7(6-20-12)14(17,18)19)21-13(22)11-8(15)3-2-4-9(11)16/h2-6H,1H3. The predicted octanol–water partition coefficient (Wildman–Crippen LogP) is 3.93. The van der Waals surface area contributed by atoms with Crippen LogP contribution in [0.5, 0.6) is 0 Å². The average molecular weight is 313 g/mol. The van der Waals surface area contributed by atoms with Crippen molar-refractivity contribution in [3.05, 3.63) is 47.7 Å². The molecule has 114 valence electrons. The maximum Gasteiger partial charge on any atom is 0.417 e. The largest absolute Gasteiger partial charge is 0.417 e. The monoisotopic (exact) mass is 313 g/mol. The van der Waals surface area contributed by atoms with Crippen molar-refractivity contribution < 1.29 is 22.0 Å². The van der Waals surface area contributed by atoms with E-state index in [1.165, 1.54) is 17.7 Å². The van der Waals surface area contributed by atoms with E-state index in [0.717, 1.165) is 18.2 Å². The molecule has 0 spiro atoms. The van der Waals surface area contributed by atoms with E-state index >= 15 is 0 Å². The molecule has 2 aromatic heterocycles. The molecule has 3 nitrogen and oxygen atoms in total. The molecule has 0 radical (unpaired) electrons. The maximum atomic E-state index is 13.8. The summed E-state index contributed by atoms with van der Waals surface area (Å²) in [5, 5.41) is 0. The molecule has 1 aromatic carbocycles. The van der Waals surface area contributed by atoms with E-state index in [9.17, 15) is 22.0 Å². The Kier molecular flexibility index (Phi) is 3.12. The number of fused-ring (bicyclic) bond motifs is 1. The number of aromatic nitrogens is 3. The van der Waals surface area contributed by atoms with Gasteiger partial charge in [0.2, 0.25) is 0 Å². The Balaban J connectivity index is 2.26. The van der Waals surface area contributed by atoms with Gasteiger partial charge in [0.05, 0.1) is 11.1 Å². The van der Waals surface area contributed by atoms with Gasteiger partial charge in [0.1, 0.15) is 23.0 Å². The molecule has 0 aliphatic rings. The zero-order valence-electron chi connectivity index (χ0n) is 11.1. The van der Waals surface area contributed by atoms with Gasteiger partial charge in [-0.05, 0) is 18.2 Å². The second kappa shape index (κ2) is 4.75. The first-order valence-corrected chi connectivity index (χ1v) is 6.13. The van der Waals surface area contributed by atoms with E-state index in [-0.39, 0.29) is 17.0 Å². The van der Waals surface area contributed by atoms with Gasteiger partial charge in [-0.15, -0.1) is 0 Å². The molecule has 0 saturated carbocycles. The summed E-state index contributed by atoms with van der Waals surface area (Å²) in [6.45, 7) is 0. The fourth-order valence-corrected chi connectivity index (χ4v) is 2.17. The van der Waals surface area contributed by atoms with Crippen LogP contribution in [0.2, 0.25) is 0 Å². The molecule has 0 atom stereocenters. The second-order valence-corrected chi connectivity index (χ2v) is 4.66. The van der Waals surface area contributed by atoms with Gasteiger partial charge in [-0.25, -0.2) is 18.7 Å². The quantitative estimate of drug-likeness (QED) is 0.637. The number of nitrogens with zero attached hydrogens (tertiary/aromatic N) is 3. The predicted molar refractivity (Wildman–Crippen MR) is 68.9 cm³/mol. The SMILES string of the molecule is Cn1c(-c2c(F)cccc2F)nc2cc(C(F)(F)F)cnc21. The molecular weight excluding hydrogens is 305 g/mol. The van der Waals surface area contributed by atoms with Crippen LogP contribution >= 0.6 is 0 Å². The number of benzene rings is 1. The van der Waals surface area contributed by atoms with E-state index in [2.05, 4.69) is 9.97 Å². The Labute approximate surface area is 121 Å². The van der Waals surface area contributed by atoms with Crippen molar-refractivity contribution in [1.29, 1.82) is 0 Å². The van der Waals surface area contributed by atoms with Crippen molar-refractivity contribution in [2.45, 2.75) is 6.18 Å². The lowest BCUT2D eigenvalue weighted by atomic mass is 10.2. The second-order valence-electron chi connectivity index (χ2n) is 4.66. The lowest BCUT2D eigenvalue weighted by molar-refractivity contribution is -0.137. The molecule has 0 saturated heterocycles. The third kappa shape index (κ3) is 2.20. The number of rotatable bonds is 1. The summed E-state index contributed by atoms with van der Waals surface area (Å²) in [7, 11) is 1.43. The summed E-state index contributed by atoms with van der Waals surface area (Å²) >= 11 is 0. The highest BCUT2D eigenvalue weighted by atomic mass is 19.4. The Morgan fingerprint density at radius 3 is 2.32 bits per heavy atom. The first-order valence-electron chi connectivity index (χ1n) is 6.13.